The quantitative estimate of drug-likeness (QED) is 0.316. The van der Waals surface area contributed by atoms with Crippen LogP contribution in [-0.4, -0.2) is 10.9 Å². The molecule has 0 fully saturated rings. The van der Waals surface area contributed by atoms with E-state index in [-0.39, 0.29) is 11.3 Å². The number of hydrogen-bond donors (Lipinski definition) is 1. The summed E-state index contributed by atoms with van der Waals surface area (Å²) in [5.41, 5.74) is 1.30. The molecule has 0 aliphatic carbocycles. The monoisotopic (exact) mass is 429 g/mol. The fourth-order valence-corrected chi connectivity index (χ4v) is 3.78. The molecule has 0 spiro atoms. The lowest BCUT2D eigenvalue weighted by molar-refractivity contribution is -0.112. The molecule has 5 nitrogen and oxygen atoms in total. The summed E-state index contributed by atoms with van der Waals surface area (Å²) < 4.78 is 19.5. The lowest BCUT2D eigenvalue weighted by Crippen LogP contribution is -2.13. The van der Waals surface area contributed by atoms with E-state index in [1.165, 1.54) is 23.5 Å². The average Bonchev–Trinajstić information content (AvgIpc) is 3.42. The van der Waals surface area contributed by atoms with Crippen LogP contribution in [0.5, 0.6) is 0 Å². The Bertz CT molecular complexity index is 1290. The Labute approximate surface area is 182 Å². The molecular formula is C24H16FN3O2S. The smallest absolute Gasteiger partial charge is 0.268 e. The summed E-state index contributed by atoms with van der Waals surface area (Å²) in [5.74, 6) is -0.422. The van der Waals surface area contributed by atoms with Gasteiger partial charge >= 0.3 is 0 Å². The molecule has 0 atom stereocenters. The zero-order valence-electron chi connectivity index (χ0n) is 16.2. The van der Waals surface area contributed by atoms with Gasteiger partial charge in [-0.15, -0.1) is 11.3 Å². The molecule has 2 heterocycles. The lowest BCUT2D eigenvalue weighted by Gasteiger charge is -2.00. The largest absolute Gasteiger partial charge is 0.457 e. The van der Waals surface area contributed by atoms with Crippen LogP contribution in [0, 0.1) is 17.1 Å². The Hall–Kier alpha value is -4.02. The molecule has 0 radical (unpaired) electrons. The molecule has 1 amide bonds. The van der Waals surface area contributed by atoms with Gasteiger partial charge in [-0.3, -0.25) is 10.1 Å². The number of carbonyl (C=O) groups excluding carboxylic acids is 1. The second kappa shape index (κ2) is 9.20. The molecule has 31 heavy (non-hydrogen) atoms. The molecule has 0 saturated carbocycles. The van der Waals surface area contributed by atoms with Crippen LogP contribution in [0.2, 0.25) is 0 Å². The number of thiazole rings is 1. The van der Waals surface area contributed by atoms with Crippen molar-refractivity contribution >= 4 is 28.5 Å². The van der Waals surface area contributed by atoms with Crippen molar-refractivity contribution in [2.45, 2.75) is 6.42 Å². The van der Waals surface area contributed by atoms with E-state index >= 15 is 0 Å². The topological polar surface area (TPSA) is 78.9 Å². The SMILES string of the molecule is N#C/C(=C\c1ccc(-c2ccccc2F)o1)C(=O)Nc1ncc(Cc2ccccc2)s1. The molecule has 0 bridgehead atoms. The van der Waals surface area contributed by atoms with E-state index in [1.807, 2.05) is 36.4 Å². The molecule has 0 aliphatic rings. The molecule has 2 aromatic heterocycles. The van der Waals surface area contributed by atoms with E-state index in [1.54, 1.807) is 36.5 Å². The van der Waals surface area contributed by atoms with E-state index in [9.17, 15) is 14.4 Å². The van der Waals surface area contributed by atoms with Gasteiger partial charge in [0, 0.05) is 23.6 Å². The van der Waals surface area contributed by atoms with Crippen LogP contribution in [0.15, 0.2) is 82.9 Å². The minimum atomic E-state index is -0.591. The second-order valence-corrected chi connectivity index (χ2v) is 7.72. The van der Waals surface area contributed by atoms with Gasteiger partial charge in [0.1, 0.15) is 29.0 Å². The summed E-state index contributed by atoms with van der Waals surface area (Å²) in [6, 6.07) is 21.2. The number of benzene rings is 2. The number of nitriles is 1. The van der Waals surface area contributed by atoms with Crippen molar-refractivity contribution in [2.75, 3.05) is 5.32 Å². The Kier molecular flexibility index (Phi) is 6.01. The Morgan fingerprint density at radius 2 is 1.90 bits per heavy atom. The first kappa shape index (κ1) is 20.3. The highest BCUT2D eigenvalue weighted by molar-refractivity contribution is 7.15. The van der Waals surface area contributed by atoms with Gasteiger partial charge in [0.05, 0.1) is 5.56 Å². The van der Waals surface area contributed by atoms with Crippen molar-refractivity contribution in [1.82, 2.24) is 4.98 Å². The lowest BCUT2D eigenvalue weighted by atomic mass is 10.1. The molecule has 0 unspecified atom stereocenters. The van der Waals surface area contributed by atoms with Crippen molar-refractivity contribution in [3.05, 3.63) is 101 Å². The molecule has 4 aromatic rings. The summed E-state index contributed by atoms with van der Waals surface area (Å²) in [7, 11) is 0. The van der Waals surface area contributed by atoms with Gasteiger partial charge in [0.2, 0.25) is 0 Å². The number of furan rings is 1. The van der Waals surface area contributed by atoms with Crippen molar-refractivity contribution in [3.8, 4) is 17.4 Å². The normalized spacial score (nSPS) is 11.2. The maximum Gasteiger partial charge on any atom is 0.268 e. The minimum absolute atomic E-state index is 0.144. The number of amides is 1. The predicted octanol–water partition coefficient (Wildman–Crippen LogP) is 5.68. The van der Waals surface area contributed by atoms with Crippen LogP contribution in [0.3, 0.4) is 0 Å². The molecule has 4 rings (SSSR count). The summed E-state index contributed by atoms with van der Waals surface area (Å²) in [5, 5.41) is 12.5. The number of nitrogens with zero attached hydrogens (tertiary/aromatic N) is 2. The Morgan fingerprint density at radius 1 is 1.13 bits per heavy atom. The van der Waals surface area contributed by atoms with Crippen LogP contribution in [0.4, 0.5) is 9.52 Å². The standard InChI is InChI=1S/C24H16FN3O2S/c25-21-9-5-4-8-20(21)22-11-10-18(30-22)13-17(14-26)23(29)28-24-27-15-19(31-24)12-16-6-2-1-3-7-16/h1-11,13,15H,12H2,(H,27,28,29)/b17-13+. The third-order valence-electron chi connectivity index (χ3n) is 4.41. The molecule has 0 saturated heterocycles. The van der Waals surface area contributed by atoms with Crippen LogP contribution in [0.25, 0.3) is 17.4 Å². The third-order valence-corrected chi connectivity index (χ3v) is 5.33. The maximum absolute atomic E-state index is 13.9. The molecule has 2 aromatic carbocycles. The highest BCUT2D eigenvalue weighted by Crippen LogP contribution is 2.26. The van der Waals surface area contributed by atoms with E-state index < -0.39 is 11.7 Å². The van der Waals surface area contributed by atoms with Gasteiger partial charge in [-0.25, -0.2) is 9.37 Å². The summed E-state index contributed by atoms with van der Waals surface area (Å²) >= 11 is 1.35. The fourth-order valence-electron chi connectivity index (χ4n) is 2.94. The van der Waals surface area contributed by atoms with E-state index in [2.05, 4.69) is 10.3 Å². The molecular weight excluding hydrogens is 413 g/mol. The zero-order chi connectivity index (χ0) is 21.6. The van der Waals surface area contributed by atoms with Crippen LogP contribution >= 0.6 is 11.3 Å². The number of hydrogen-bond acceptors (Lipinski definition) is 5. The van der Waals surface area contributed by atoms with Gasteiger partial charge < -0.3 is 4.42 Å². The first-order valence-electron chi connectivity index (χ1n) is 9.39. The highest BCUT2D eigenvalue weighted by Gasteiger charge is 2.14. The zero-order valence-corrected chi connectivity index (χ0v) is 17.0. The second-order valence-electron chi connectivity index (χ2n) is 6.60. The van der Waals surface area contributed by atoms with Crippen LogP contribution < -0.4 is 5.32 Å². The van der Waals surface area contributed by atoms with Crippen molar-refractivity contribution < 1.29 is 13.6 Å². The number of aromatic nitrogens is 1. The Morgan fingerprint density at radius 3 is 2.68 bits per heavy atom. The van der Waals surface area contributed by atoms with Crippen LogP contribution in [-0.2, 0) is 11.2 Å². The average molecular weight is 429 g/mol. The molecule has 152 valence electrons. The van der Waals surface area contributed by atoms with Gasteiger partial charge in [-0.1, -0.05) is 42.5 Å². The van der Waals surface area contributed by atoms with E-state index in [0.29, 0.717) is 22.9 Å². The van der Waals surface area contributed by atoms with Gasteiger partial charge in [-0.2, -0.15) is 5.26 Å². The molecule has 0 aliphatic heterocycles. The first-order chi connectivity index (χ1) is 15.1. The number of rotatable bonds is 6. The van der Waals surface area contributed by atoms with Gasteiger partial charge in [-0.05, 0) is 29.8 Å². The third kappa shape index (κ3) is 4.94. The molecule has 7 heteroatoms. The van der Waals surface area contributed by atoms with Crippen molar-refractivity contribution in [2.24, 2.45) is 0 Å². The summed E-state index contributed by atoms with van der Waals surface area (Å²) in [6.45, 7) is 0. The summed E-state index contributed by atoms with van der Waals surface area (Å²) in [4.78, 5) is 17.7. The minimum Gasteiger partial charge on any atom is -0.457 e. The highest BCUT2D eigenvalue weighted by atomic mass is 32.1. The molecule has 1 N–H and O–H groups in total. The Balaban J connectivity index is 1.46. The number of halogens is 1. The number of nitrogens with one attached hydrogen (secondary N) is 1. The number of carbonyl (C=O) groups is 1. The maximum atomic E-state index is 13.9. The van der Waals surface area contributed by atoms with Crippen molar-refractivity contribution in [3.63, 3.8) is 0 Å². The van der Waals surface area contributed by atoms with Crippen LogP contribution in [0.1, 0.15) is 16.2 Å². The van der Waals surface area contributed by atoms with E-state index in [0.717, 1.165) is 10.4 Å². The fraction of sp³-hybridized carbons (Fsp3) is 0.0417. The number of anilines is 1. The first-order valence-corrected chi connectivity index (χ1v) is 10.2. The predicted molar refractivity (Wildman–Crippen MR) is 118 cm³/mol. The van der Waals surface area contributed by atoms with Gasteiger partial charge in [0.25, 0.3) is 5.91 Å². The summed E-state index contributed by atoms with van der Waals surface area (Å²) in [6.07, 6.45) is 3.73. The van der Waals surface area contributed by atoms with Crippen molar-refractivity contribution in [1.29, 1.82) is 5.26 Å². The van der Waals surface area contributed by atoms with E-state index in [4.69, 9.17) is 4.42 Å². The van der Waals surface area contributed by atoms with Gasteiger partial charge in [0.15, 0.2) is 5.13 Å².